The molecule has 1 atom stereocenters. The molecule has 3 rings (SSSR count). The molecule has 1 aromatic carbocycles. The van der Waals surface area contributed by atoms with Crippen molar-refractivity contribution in [3.05, 3.63) is 41.2 Å². The van der Waals surface area contributed by atoms with E-state index in [0.717, 1.165) is 31.6 Å². The number of nitrogens with zero attached hydrogens (tertiary/aromatic N) is 4. The number of hydrogen-bond donors (Lipinski definition) is 1. The molecule has 0 aliphatic heterocycles. The molecule has 1 aromatic heterocycles. The van der Waals surface area contributed by atoms with Gasteiger partial charge in [-0.2, -0.15) is 4.80 Å². The Kier molecular flexibility index (Phi) is 3.78. The Morgan fingerprint density at radius 1 is 1.30 bits per heavy atom. The molecule has 1 heterocycles. The summed E-state index contributed by atoms with van der Waals surface area (Å²) in [7, 11) is 1.81. The second-order valence-electron chi connectivity index (χ2n) is 5.50. The quantitative estimate of drug-likeness (QED) is 0.886. The van der Waals surface area contributed by atoms with Crippen LogP contribution in [0, 0.1) is 5.92 Å². The van der Waals surface area contributed by atoms with Crippen LogP contribution in [0.5, 0.6) is 0 Å². The third-order valence-corrected chi connectivity index (χ3v) is 4.07. The summed E-state index contributed by atoms with van der Waals surface area (Å²) in [5.41, 5.74) is 2.99. The van der Waals surface area contributed by atoms with Crippen molar-refractivity contribution in [1.82, 2.24) is 25.5 Å². The van der Waals surface area contributed by atoms with Crippen LogP contribution in [0.2, 0.25) is 0 Å². The smallest absolute Gasteiger partial charge is 0.176 e. The molecule has 0 radical (unpaired) electrons. The van der Waals surface area contributed by atoms with Gasteiger partial charge >= 0.3 is 0 Å². The molecule has 0 saturated carbocycles. The first-order valence-corrected chi connectivity index (χ1v) is 7.29. The summed E-state index contributed by atoms with van der Waals surface area (Å²) in [6.45, 7) is 3.12. The van der Waals surface area contributed by atoms with E-state index >= 15 is 0 Å². The van der Waals surface area contributed by atoms with Gasteiger partial charge in [0.15, 0.2) is 5.82 Å². The van der Waals surface area contributed by atoms with E-state index in [2.05, 4.69) is 51.9 Å². The summed E-state index contributed by atoms with van der Waals surface area (Å²) < 4.78 is 0. The van der Waals surface area contributed by atoms with Gasteiger partial charge in [0.25, 0.3) is 0 Å². The highest BCUT2D eigenvalue weighted by atomic mass is 15.6. The summed E-state index contributed by atoms with van der Waals surface area (Å²) in [6.07, 6.45) is 3.14. The second kappa shape index (κ2) is 5.71. The Labute approximate surface area is 119 Å². The van der Waals surface area contributed by atoms with E-state index in [4.69, 9.17) is 0 Å². The summed E-state index contributed by atoms with van der Waals surface area (Å²) in [6, 6.07) is 9.18. The molecule has 1 unspecified atom stereocenters. The van der Waals surface area contributed by atoms with Crippen molar-refractivity contribution in [2.45, 2.75) is 32.2 Å². The van der Waals surface area contributed by atoms with Gasteiger partial charge in [0.05, 0.1) is 7.05 Å². The van der Waals surface area contributed by atoms with Crippen LogP contribution in [0.15, 0.2) is 24.3 Å². The van der Waals surface area contributed by atoms with E-state index in [1.54, 1.807) is 0 Å². The van der Waals surface area contributed by atoms with Gasteiger partial charge < -0.3 is 5.32 Å². The molecule has 1 aliphatic rings. The molecule has 0 amide bonds. The number of fused-ring (bicyclic) bond motifs is 1. The Hall–Kier alpha value is -1.75. The summed E-state index contributed by atoms with van der Waals surface area (Å²) in [5, 5.41) is 16.0. The van der Waals surface area contributed by atoms with Crippen molar-refractivity contribution in [2.75, 3.05) is 6.54 Å². The van der Waals surface area contributed by atoms with Crippen LogP contribution in [0.25, 0.3) is 0 Å². The molecule has 1 N–H and O–H groups in total. The Balaban J connectivity index is 1.72. The minimum absolute atomic E-state index is 0.414. The normalized spacial score (nSPS) is 16.3. The zero-order valence-corrected chi connectivity index (χ0v) is 12.1. The zero-order chi connectivity index (χ0) is 13.9. The number of tetrazole rings is 1. The van der Waals surface area contributed by atoms with E-state index < -0.39 is 0 Å². The van der Waals surface area contributed by atoms with E-state index in [9.17, 15) is 0 Å². The van der Waals surface area contributed by atoms with Crippen LogP contribution in [0.1, 0.15) is 23.9 Å². The van der Waals surface area contributed by atoms with Gasteiger partial charge in [0.2, 0.25) is 0 Å². The number of rotatable bonds is 5. The van der Waals surface area contributed by atoms with Crippen molar-refractivity contribution in [3.8, 4) is 0 Å². The maximum atomic E-state index is 4.31. The Morgan fingerprint density at radius 3 is 2.55 bits per heavy atom. The maximum Gasteiger partial charge on any atom is 0.176 e. The Bertz CT molecular complexity index is 552. The zero-order valence-electron chi connectivity index (χ0n) is 12.1. The third-order valence-electron chi connectivity index (χ3n) is 4.07. The average molecular weight is 271 g/mol. The lowest BCUT2D eigenvalue weighted by molar-refractivity contribution is 0.362. The van der Waals surface area contributed by atoms with Gasteiger partial charge in [0.1, 0.15) is 0 Å². The molecule has 20 heavy (non-hydrogen) atoms. The summed E-state index contributed by atoms with van der Waals surface area (Å²) in [4.78, 5) is 1.53. The van der Waals surface area contributed by atoms with Crippen molar-refractivity contribution in [2.24, 2.45) is 13.0 Å². The molecule has 106 valence electrons. The highest BCUT2D eigenvalue weighted by Gasteiger charge is 2.29. The van der Waals surface area contributed by atoms with Gasteiger partial charge in [0, 0.05) is 12.5 Å². The third kappa shape index (κ3) is 2.72. The first kappa shape index (κ1) is 13.2. The van der Waals surface area contributed by atoms with Crippen LogP contribution in [0.3, 0.4) is 0 Å². The first-order chi connectivity index (χ1) is 9.76. The lowest BCUT2D eigenvalue weighted by atomic mass is 9.93. The number of aryl methyl sites for hydroxylation is 1. The molecule has 0 bridgehead atoms. The van der Waals surface area contributed by atoms with Crippen LogP contribution in [-0.2, 0) is 26.3 Å². The van der Waals surface area contributed by atoms with Crippen molar-refractivity contribution in [3.63, 3.8) is 0 Å². The highest BCUT2D eigenvalue weighted by Crippen LogP contribution is 2.29. The number of likely N-dealkylation sites (N-methyl/N-ethyl adjacent to an activating group) is 1. The monoisotopic (exact) mass is 271 g/mol. The molecule has 2 aromatic rings. The molecule has 0 spiro atoms. The largest absolute Gasteiger partial charge is 0.314 e. The molecule has 0 fully saturated rings. The average Bonchev–Trinajstić information content (AvgIpc) is 3.04. The predicted molar refractivity (Wildman–Crippen MR) is 77.3 cm³/mol. The number of nitrogens with one attached hydrogen (secondary N) is 1. The molecule has 1 aliphatic carbocycles. The number of aromatic nitrogens is 4. The minimum atomic E-state index is 0.414. The van der Waals surface area contributed by atoms with Gasteiger partial charge in [-0.3, -0.25) is 0 Å². The minimum Gasteiger partial charge on any atom is -0.314 e. The summed E-state index contributed by atoms with van der Waals surface area (Å²) >= 11 is 0. The van der Waals surface area contributed by atoms with Crippen molar-refractivity contribution < 1.29 is 0 Å². The molecule has 0 saturated heterocycles. The molecular weight excluding hydrogens is 250 g/mol. The van der Waals surface area contributed by atoms with Gasteiger partial charge in [-0.1, -0.05) is 31.2 Å². The van der Waals surface area contributed by atoms with Crippen LogP contribution < -0.4 is 5.32 Å². The molecule has 5 heteroatoms. The fourth-order valence-corrected chi connectivity index (χ4v) is 3.15. The SMILES string of the molecule is CCNC(Cc1nnn(C)n1)C1Cc2ccccc2C1. The van der Waals surface area contributed by atoms with E-state index in [1.807, 2.05) is 7.05 Å². The van der Waals surface area contributed by atoms with Crippen molar-refractivity contribution >= 4 is 0 Å². The summed E-state index contributed by atoms with van der Waals surface area (Å²) in [5.74, 6) is 1.45. The van der Waals surface area contributed by atoms with E-state index in [-0.39, 0.29) is 0 Å². The standard InChI is InChI=1S/C15H21N5/c1-3-16-14(10-15-17-19-20(2)18-15)13-8-11-6-4-5-7-12(11)9-13/h4-7,13-14,16H,3,8-10H2,1-2H3. The predicted octanol–water partition coefficient (Wildman–Crippen LogP) is 1.15. The fourth-order valence-electron chi connectivity index (χ4n) is 3.15. The second-order valence-corrected chi connectivity index (χ2v) is 5.50. The van der Waals surface area contributed by atoms with Gasteiger partial charge in [-0.25, -0.2) is 0 Å². The van der Waals surface area contributed by atoms with E-state index in [0.29, 0.717) is 12.0 Å². The van der Waals surface area contributed by atoms with Crippen LogP contribution in [-0.4, -0.2) is 32.8 Å². The van der Waals surface area contributed by atoms with Gasteiger partial charge in [-0.05, 0) is 41.6 Å². The fraction of sp³-hybridized carbons (Fsp3) is 0.533. The van der Waals surface area contributed by atoms with Gasteiger partial charge in [-0.15, -0.1) is 10.2 Å². The van der Waals surface area contributed by atoms with Crippen molar-refractivity contribution in [1.29, 1.82) is 0 Å². The lowest BCUT2D eigenvalue weighted by Crippen LogP contribution is -2.38. The molecular formula is C15H21N5. The molecule has 5 nitrogen and oxygen atoms in total. The first-order valence-electron chi connectivity index (χ1n) is 7.29. The van der Waals surface area contributed by atoms with Crippen LogP contribution >= 0.6 is 0 Å². The topological polar surface area (TPSA) is 55.6 Å². The van der Waals surface area contributed by atoms with Crippen LogP contribution in [0.4, 0.5) is 0 Å². The highest BCUT2D eigenvalue weighted by molar-refractivity contribution is 5.32. The maximum absolute atomic E-state index is 4.31. The lowest BCUT2D eigenvalue weighted by Gasteiger charge is -2.23. The Morgan fingerprint density at radius 2 is 2.00 bits per heavy atom. The van der Waals surface area contributed by atoms with E-state index in [1.165, 1.54) is 15.9 Å². The number of hydrogen-bond acceptors (Lipinski definition) is 4. The number of benzene rings is 1.